The van der Waals surface area contributed by atoms with Gasteiger partial charge >= 0.3 is 11.9 Å². The Hall–Kier alpha value is -2.50. The van der Waals surface area contributed by atoms with E-state index in [0.29, 0.717) is 6.54 Å². The number of hydrogen-bond acceptors (Lipinski definition) is 6. The zero-order valence-electron chi connectivity index (χ0n) is 10.00. The van der Waals surface area contributed by atoms with Crippen molar-refractivity contribution in [3.8, 4) is 0 Å². The topological polar surface area (TPSA) is 82.0 Å². The number of aliphatic imine (C=N–C) groups is 1. The highest BCUT2D eigenvalue weighted by atomic mass is 16.7. The first-order valence-electron chi connectivity index (χ1n) is 5.60. The molecule has 0 saturated carbocycles. The van der Waals surface area contributed by atoms with Crippen LogP contribution in [0.15, 0.2) is 29.3 Å². The zero-order chi connectivity index (χ0) is 13.7. The van der Waals surface area contributed by atoms with E-state index in [1.165, 1.54) is 0 Å². The van der Waals surface area contributed by atoms with Crippen LogP contribution in [0.25, 0.3) is 0 Å². The minimum atomic E-state index is -0.513. The summed E-state index contributed by atoms with van der Waals surface area (Å²) in [5, 5.41) is 0. The van der Waals surface area contributed by atoms with Crippen LogP contribution in [0.2, 0.25) is 0 Å². The van der Waals surface area contributed by atoms with Crippen molar-refractivity contribution in [1.29, 1.82) is 0 Å². The number of rotatable bonds is 0. The first kappa shape index (κ1) is 12.9. The second kappa shape index (κ2) is 5.90. The molecule has 19 heavy (non-hydrogen) atoms. The van der Waals surface area contributed by atoms with Crippen molar-refractivity contribution in [2.75, 3.05) is 13.3 Å². The summed E-state index contributed by atoms with van der Waals surface area (Å²) in [5.74, 6) is -0.911. The number of nitrogens with zero attached hydrogens (tertiary/aromatic N) is 1. The lowest BCUT2D eigenvalue weighted by Gasteiger charge is -2.09. The molecule has 98 valence electrons. The van der Waals surface area contributed by atoms with Gasteiger partial charge in [0.2, 0.25) is 6.79 Å². The highest BCUT2D eigenvalue weighted by molar-refractivity contribution is 6.07. The number of carbonyl (C=O) groups excluding carboxylic acids is 3. The number of fused-ring (bicyclic) bond motifs is 1. The van der Waals surface area contributed by atoms with Gasteiger partial charge in [0.25, 0.3) is 0 Å². The van der Waals surface area contributed by atoms with Crippen LogP contribution < -0.4 is 0 Å². The Balaban J connectivity index is 0.000000148. The van der Waals surface area contributed by atoms with Gasteiger partial charge in [-0.15, -0.1) is 0 Å². The smallest absolute Gasteiger partial charge is 0.320 e. The van der Waals surface area contributed by atoms with Crippen molar-refractivity contribution in [3.05, 3.63) is 35.4 Å². The van der Waals surface area contributed by atoms with Crippen molar-refractivity contribution in [3.63, 3.8) is 0 Å². The molecule has 0 aliphatic carbocycles. The number of esters is 2. The van der Waals surface area contributed by atoms with E-state index in [2.05, 4.69) is 14.5 Å². The van der Waals surface area contributed by atoms with Gasteiger partial charge in [0.05, 0.1) is 0 Å². The Morgan fingerprint density at radius 1 is 1.00 bits per heavy atom. The van der Waals surface area contributed by atoms with Gasteiger partial charge in [-0.05, 0) is 0 Å². The zero-order valence-corrected chi connectivity index (χ0v) is 10.00. The number of Topliss-reactive ketones (excluding diaryl/α,β-unsaturated/α-hetero) is 1. The maximum atomic E-state index is 11.2. The Bertz CT molecular complexity index is 536. The van der Waals surface area contributed by atoms with Crippen LogP contribution >= 0.6 is 0 Å². The van der Waals surface area contributed by atoms with Gasteiger partial charge in [0.1, 0.15) is 13.0 Å². The minimum absolute atomic E-state index is 0.114. The Kier molecular flexibility index (Phi) is 4.02. The number of benzene rings is 1. The minimum Gasteiger partial charge on any atom is -0.427 e. The number of ketones is 1. The monoisotopic (exact) mass is 261 g/mol. The van der Waals surface area contributed by atoms with E-state index in [4.69, 9.17) is 0 Å². The largest absolute Gasteiger partial charge is 0.427 e. The second-order valence-corrected chi connectivity index (χ2v) is 3.81. The van der Waals surface area contributed by atoms with Gasteiger partial charge in [-0.2, -0.15) is 0 Å². The fourth-order valence-electron chi connectivity index (χ4n) is 1.56. The molecule has 1 fully saturated rings. The molecule has 0 atom stereocenters. The third-order valence-corrected chi connectivity index (χ3v) is 2.45. The molecule has 1 aromatic carbocycles. The second-order valence-electron chi connectivity index (χ2n) is 3.81. The summed E-state index contributed by atoms with van der Waals surface area (Å²) in [6.45, 7) is 0.0781. The molecule has 0 unspecified atom stereocenters. The Morgan fingerprint density at radius 2 is 1.68 bits per heavy atom. The Labute approximate surface area is 109 Å². The maximum Gasteiger partial charge on any atom is 0.320 e. The molecule has 0 aromatic heterocycles. The average molecular weight is 261 g/mol. The average Bonchev–Trinajstić information content (AvgIpc) is 2.40. The first-order chi connectivity index (χ1) is 9.16. The molecule has 0 bridgehead atoms. The molecule has 1 aromatic rings. The molecule has 0 amide bonds. The molecule has 6 heteroatoms. The number of ether oxygens (including phenoxy) is 2. The number of hydrogen-bond donors (Lipinski definition) is 0. The molecular weight excluding hydrogens is 250 g/mol. The third kappa shape index (κ3) is 3.48. The van der Waals surface area contributed by atoms with Gasteiger partial charge < -0.3 is 9.47 Å². The standard InChI is InChI=1S/C9H7NO.C4H4O4/c11-9-6-10-5-7-3-1-2-4-8(7)9;5-3-1-4(6)8-2-7-3/h1-5H,6H2;1-2H2. The van der Waals surface area contributed by atoms with Crippen molar-refractivity contribution in [2.24, 2.45) is 4.99 Å². The van der Waals surface area contributed by atoms with Gasteiger partial charge in [0.15, 0.2) is 5.78 Å². The predicted octanol–water partition coefficient (Wildman–Crippen LogP) is 0.736. The summed E-state index contributed by atoms with van der Waals surface area (Å²) in [4.78, 5) is 35.4. The van der Waals surface area contributed by atoms with Crippen LogP contribution in [0.3, 0.4) is 0 Å². The summed E-state index contributed by atoms with van der Waals surface area (Å²) in [6.07, 6.45) is 1.50. The van der Waals surface area contributed by atoms with Crippen LogP contribution in [0.4, 0.5) is 0 Å². The van der Waals surface area contributed by atoms with Crippen LogP contribution in [0.1, 0.15) is 22.3 Å². The van der Waals surface area contributed by atoms with E-state index in [9.17, 15) is 14.4 Å². The lowest BCUT2D eigenvalue weighted by Crippen LogP contribution is -2.22. The lowest BCUT2D eigenvalue weighted by molar-refractivity contribution is -0.181. The van der Waals surface area contributed by atoms with Crippen molar-refractivity contribution in [2.45, 2.75) is 6.42 Å². The molecule has 2 aliphatic heterocycles. The van der Waals surface area contributed by atoms with Crippen molar-refractivity contribution < 1.29 is 23.9 Å². The molecule has 2 aliphatic rings. The quantitative estimate of drug-likeness (QED) is 0.508. The first-order valence-corrected chi connectivity index (χ1v) is 5.60. The molecule has 0 N–H and O–H groups in total. The summed E-state index contributed by atoms with van der Waals surface area (Å²) >= 11 is 0. The molecule has 6 nitrogen and oxygen atoms in total. The van der Waals surface area contributed by atoms with Crippen molar-refractivity contribution in [1.82, 2.24) is 0 Å². The van der Waals surface area contributed by atoms with Crippen molar-refractivity contribution >= 4 is 23.9 Å². The van der Waals surface area contributed by atoms with Gasteiger partial charge in [-0.25, -0.2) is 0 Å². The molecule has 2 heterocycles. The van der Waals surface area contributed by atoms with E-state index in [1.807, 2.05) is 24.3 Å². The fourth-order valence-corrected chi connectivity index (χ4v) is 1.56. The van der Waals surface area contributed by atoms with Gasteiger partial charge in [0, 0.05) is 17.3 Å². The molecule has 1 saturated heterocycles. The summed E-state index contributed by atoms with van der Waals surface area (Å²) < 4.78 is 8.53. The fraction of sp³-hybridized carbons (Fsp3) is 0.231. The van der Waals surface area contributed by atoms with E-state index in [1.54, 1.807) is 6.21 Å². The van der Waals surface area contributed by atoms with Gasteiger partial charge in [-0.3, -0.25) is 19.4 Å². The summed E-state index contributed by atoms with van der Waals surface area (Å²) in [6, 6.07) is 7.51. The van der Waals surface area contributed by atoms with Gasteiger partial charge in [-0.1, -0.05) is 24.3 Å². The van der Waals surface area contributed by atoms with Crippen LogP contribution in [0, 0.1) is 0 Å². The molecule has 3 rings (SSSR count). The third-order valence-electron chi connectivity index (χ3n) is 2.45. The SMILES string of the molecule is O=C1CC(=O)OCO1.O=C1CN=Cc2ccccc21. The summed E-state index contributed by atoms with van der Waals surface area (Å²) in [5.41, 5.74) is 1.73. The maximum absolute atomic E-state index is 11.2. The number of carbonyl (C=O) groups is 3. The highest BCUT2D eigenvalue weighted by Gasteiger charge is 2.17. The molecule has 0 radical (unpaired) electrons. The van der Waals surface area contributed by atoms with Crippen LogP contribution in [-0.4, -0.2) is 37.3 Å². The van der Waals surface area contributed by atoms with E-state index in [-0.39, 0.29) is 19.0 Å². The van der Waals surface area contributed by atoms with E-state index in [0.717, 1.165) is 11.1 Å². The number of cyclic esters (lactones) is 2. The highest BCUT2D eigenvalue weighted by Crippen LogP contribution is 2.10. The summed E-state index contributed by atoms with van der Waals surface area (Å²) in [7, 11) is 0. The lowest BCUT2D eigenvalue weighted by atomic mass is 10.0. The predicted molar refractivity (Wildman–Crippen MR) is 64.9 cm³/mol. The Morgan fingerprint density at radius 3 is 2.26 bits per heavy atom. The normalized spacial score (nSPS) is 16.7. The molecule has 0 spiro atoms. The van der Waals surface area contributed by atoms with Crippen LogP contribution in [-0.2, 0) is 19.1 Å². The van der Waals surface area contributed by atoms with E-state index >= 15 is 0 Å². The van der Waals surface area contributed by atoms with E-state index < -0.39 is 11.9 Å². The van der Waals surface area contributed by atoms with Crippen LogP contribution in [0.5, 0.6) is 0 Å². The molecular formula is C13H11NO5.